The van der Waals surface area contributed by atoms with Gasteiger partial charge in [0.25, 0.3) is 0 Å². The SMILES string of the molecule is CN1CCN(CCOc2ccc(N)cc2)CC1(C)C. The topological polar surface area (TPSA) is 41.7 Å². The third-order valence-electron chi connectivity index (χ3n) is 3.95. The Hall–Kier alpha value is -1.26. The fourth-order valence-corrected chi connectivity index (χ4v) is 2.39. The number of nitrogen functional groups attached to an aromatic ring is 1. The Labute approximate surface area is 116 Å². The second-order valence-electron chi connectivity index (χ2n) is 5.93. The van der Waals surface area contributed by atoms with Crippen LogP contribution in [0.5, 0.6) is 5.75 Å². The number of rotatable bonds is 4. The second kappa shape index (κ2) is 5.80. The van der Waals surface area contributed by atoms with Gasteiger partial charge in [0.1, 0.15) is 12.4 Å². The highest BCUT2D eigenvalue weighted by Crippen LogP contribution is 2.18. The maximum atomic E-state index is 5.75. The molecule has 1 aliphatic rings. The summed E-state index contributed by atoms with van der Waals surface area (Å²) in [4.78, 5) is 4.89. The van der Waals surface area contributed by atoms with Crippen molar-refractivity contribution in [2.45, 2.75) is 19.4 Å². The second-order valence-corrected chi connectivity index (χ2v) is 5.93. The molecule has 4 heteroatoms. The molecule has 19 heavy (non-hydrogen) atoms. The predicted octanol–water partition coefficient (Wildman–Crippen LogP) is 1.67. The van der Waals surface area contributed by atoms with Crippen molar-refractivity contribution in [1.29, 1.82) is 0 Å². The van der Waals surface area contributed by atoms with E-state index in [9.17, 15) is 0 Å². The molecular formula is C15H25N3O. The largest absolute Gasteiger partial charge is 0.492 e. The van der Waals surface area contributed by atoms with Gasteiger partial charge in [0.15, 0.2) is 0 Å². The number of benzene rings is 1. The maximum Gasteiger partial charge on any atom is 0.119 e. The summed E-state index contributed by atoms with van der Waals surface area (Å²) in [6, 6.07) is 7.58. The minimum atomic E-state index is 0.249. The molecule has 0 aromatic heterocycles. The zero-order chi connectivity index (χ0) is 13.9. The Bertz CT molecular complexity index is 402. The summed E-state index contributed by atoms with van der Waals surface area (Å²) in [5.41, 5.74) is 6.67. The minimum Gasteiger partial charge on any atom is -0.492 e. The van der Waals surface area contributed by atoms with Crippen LogP contribution >= 0.6 is 0 Å². The van der Waals surface area contributed by atoms with Crippen LogP contribution in [0, 0.1) is 0 Å². The van der Waals surface area contributed by atoms with Gasteiger partial charge in [-0.05, 0) is 45.2 Å². The summed E-state index contributed by atoms with van der Waals surface area (Å²) in [5.74, 6) is 0.891. The van der Waals surface area contributed by atoms with Gasteiger partial charge in [-0.25, -0.2) is 0 Å². The van der Waals surface area contributed by atoms with E-state index in [4.69, 9.17) is 10.5 Å². The molecule has 1 aromatic rings. The van der Waals surface area contributed by atoms with Crippen molar-refractivity contribution < 1.29 is 4.74 Å². The van der Waals surface area contributed by atoms with Crippen LogP contribution in [-0.4, -0.2) is 55.2 Å². The quantitative estimate of drug-likeness (QED) is 0.839. The van der Waals surface area contributed by atoms with E-state index in [0.29, 0.717) is 0 Å². The molecule has 0 radical (unpaired) electrons. The number of nitrogens with two attached hydrogens (primary N) is 1. The number of hydrogen-bond acceptors (Lipinski definition) is 4. The molecule has 0 amide bonds. The molecule has 0 atom stereocenters. The van der Waals surface area contributed by atoms with E-state index in [-0.39, 0.29) is 5.54 Å². The monoisotopic (exact) mass is 263 g/mol. The van der Waals surface area contributed by atoms with Gasteiger partial charge in [-0.3, -0.25) is 9.80 Å². The molecule has 1 aliphatic heterocycles. The van der Waals surface area contributed by atoms with Gasteiger partial charge < -0.3 is 10.5 Å². The third-order valence-corrected chi connectivity index (χ3v) is 3.95. The van der Waals surface area contributed by atoms with Gasteiger partial charge in [0, 0.05) is 37.4 Å². The van der Waals surface area contributed by atoms with Crippen molar-refractivity contribution in [1.82, 2.24) is 9.80 Å². The standard InChI is InChI=1S/C15H25N3O/c1-15(2)12-18(9-8-17(15)3)10-11-19-14-6-4-13(16)5-7-14/h4-7H,8-12,16H2,1-3H3. The van der Waals surface area contributed by atoms with Gasteiger partial charge >= 0.3 is 0 Å². The predicted molar refractivity (Wildman–Crippen MR) is 79.5 cm³/mol. The zero-order valence-corrected chi connectivity index (χ0v) is 12.2. The van der Waals surface area contributed by atoms with Gasteiger partial charge in [-0.1, -0.05) is 0 Å². The first kappa shape index (κ1) is 14.2. The van der Waals surface area contributed by atoms with Crippen molar-refractivity contribution in [2.24, 2.45) is 0 Å². The van der Waals surface area contributed by atoms with Crippen LogP contribution in [0.2, 0.25) is 0 Å². The summed E-state index contributed by atoms with van der Waals surface area (Å²) >= 11 is 0. The number of piperazine rings is 1. The average molecular weight is 263 g/mol. The van der Waals surface area contributed by atoms with Crippen molar-refractivity contribution in [3.05, 3.63) is 24.3 Å². The average Bonchev–Trinajstić information content (AvgIpc) is 2.36. The molecule has 0 aliphatic carbocycles. The van der Waals surface area contributed by atoms with E-state index < -0.39 is 0 Å². The number of hydrogen-bond donors (Lipinski definition) is 1. The number of anilines is 1. The van der Waals surface area contributed by atoms with E-state index in [2.05, 4.69) is 30.7 Å². The first-order chi connectivity index (χ1) is 8.97. The van der Waals surface area contributed by atoms with Crippen molar-refractivity contribution in [2.75, 3.05) is 45.6 Å². The van der Waals surface area contributed by atoms with Gasteiger partial charge in [-0.15, -0.1) is 0 Å². The fourth-order valence-electron chi connectivity index (χ4n) is 2.39. The van der Waals surface area contributed by atoms with Crippen LogP contribution in [0.25, 0.3) is 0 Å². The number of ether oxygens (including phenoxy) is 1. The normalized spacial score (nSPS) is 20.4. The van der Waals surface area contributed by atoms with Crippen LogP contribution in [0.3, 0.4) is 0 Å². The lowest BCUT2D eigenvalue weighted by Gasteiger charge is -2.45. The van der Waals surface area contributed by atoms with Gasteiger partial charge in [-0.2, -0.15) is 0 Å². The fraction of sp³-hybridized carbons (Fsp3) is 0.600. The van der Waals surface area contributed by atoms with Gasteiger partial charge in [0.2, 0.25) is 0 Å². The number of likely N-dealkylation sites (N-methyl/N-ethyl adjacent to an activating group) is 1. The van der Waals surface area contributed by atoms with Crippen LogP contribution in [0.4, 0.5) is 5.69 Å². The zero-order valence-electron chi connectivity index (χ0n) is 12.2. The Balaban J connectivity index is 1.76. The summed E-state index contributed by atoms with van der Waals surface area (Å²) in [6.07, 6.45) is 0. The van der Waals surface area contributed by atoms with Crippen LogP contribution in [-0.2, 0) is 0 Å². The summed E-state index contributed by atoms with van der Waals surface area (Å²) in [6.45, 7) is 9.61. The molecular weight excluding hydrogens is 238 g/mol. The lowest BCUT2D eigenvalue weighted by molar-refractivity contribution is 0.0338. The molecule has 0 spiro atoms. The molecule has 4 nitrogen and oxygen atoms in total. The molecule has 1 fully saturated rings. The van der Waals surface area contributed by atoms with Crippen molar-refractivity contribution >= 4 is 5.69 Å². The third kappa shape index (κ3) is 3.85. The van der Waals surface area contributed by atoms with E-state index in [1.165, 1.54) is 0 Å². The maximum absolute atomic E-state index is 5.75. The molecule has 1 saturated heterocycles. The van der Waals surface area contributed by atoms with Gasteiger partial charge in [0.05, 0.1) is 0 Å². The summed E-state index contributed by atoms with van der Waals surface area (Å²) in [7, 11) is 2.20. The molecule has 0 saturated carbocycles. The Morgan fingerprint density at radius 3 is 2.53 bits per heavy atom. The molecule has 1 heterocycles. The molecule has 0 bridgehead atoms. The minimum absolute atomic E-state index is 0.249. The lowest BCUT2D eigenvalue weighted by Crippen LogP contribution is -2.58. The molecule has 0 unspecified atom stereocenters. The van der Waals surface area contributed by atoms with Crippen LogP contribution in [0.15, 0.2) is 24.3 Å². The first-order valence-corrected chi connectivity index (χ1v) is 6.89. The Morgan fingerprint density at radius 1 is 1.21 bits per heavy atom. The summed E-state index contributed by atoms with van der Waals surface area (Å²) in [5, 5.41) is 0. The molecule has 2 N–H and O–H groups in total. The first-order valence-electron chi connectivity index (χ1n) is 6.89. The highest BCUT2D eigenvalue weighted by Gasteiger charge is 2.30. The Kier molecular flexibility index (Phi) is 4.32. The molecule has 1 aromatic carbocycles. The number of nitrogens with zero attached hydrogens (tertiary/aromatic N) is 2. The van der Waals surface area contributed by atoms with Crippen LogP contribution < -0.4 is 10.5 Å². The van der Waals surface area contributed by atoms with Crippen LogP contribution in [0.1, 0.15) is 13.8 Å². The van der Waals surface area contributed by atoms with E-state index in [1.807, 2.05) is 24.3 Å². The highest BCUT2D eigenvalue weighted by atomic mass is 16.5. The lowest BCUT2D eigenvalue weighted by atomic mass is 10.00. The molecule has 2 rings (SSSR count). The van der Waals surface area contributed by atoms with E-state index in [0.717, 1.165) is 44.2 Å². The van der Waals surface area contributed by atoms with Crippen molar-refractivity contribution in [3.8, 4) is 5.75 Å². The van der Waals surface area contributed by atoms with Crippen molar-refractivity contribution in [3.63, 3.8) is 0 Å². The van der Waals surface area contributed by atoms with E-state index in [1.54, 1.807) is 0 Å². The Morgan fingerprint density at radius 2 is 1.89 bits per heavy atom. The smallest absolute Gasteiger partial charge is 0.119 e. The molecule has 106 valence electrons. The summed E-state index contributed by atoms with van der Waals surface area (Å²) < 4.78 is 5.75. The highest BCUT2D eigenvalue weighted by molar-refractivity contribution is 5.41. The van der Waals surface area contributed by atoms with E-state index >= 15 is 0 Å².